The third kappa shape index (κ3) is 4.34. The Hall–Kier alpha value is -1.10. The Morgan fingerprint density at radius 3 is 2.71 bits per heavy atom. The van der Waals surface area contributed by atoms with Crippen LogP contribution in [0.15, 0.2) is 0 Å². The number of hydrogen-bond donors (Lipinski definition) is 2. The van der Waals surface area contributed by atoms with Gasteiger partial charge in [0.15, 0.2) is 0 Å². The molecular formula is C12H23N3O2. The first-order valence-corrected chi connectivity index (χ1v) is 6.45. The van der Waals surface area contributed by atoms with E-state index >= 15 is 0 Å². The summed E-state index contributed by atoms with van der Waals surface area (Å²) in [6.45, 7) is 7.71. The second-order valence-corrected chi connectivity index (χ2v) is 4.37. The summed E-state index contributed by atoms with van der Waals surface area (Å²) in [5.74, 6) is -0.0574. The number of carbonyl (C=O) groups excluding carboxylic acids is 2. The summed E-state index contributed by atoms with van der Waals surface area (Å²) in [5, 5.41) is 6.09. The van der Waals surface area contributed by atoms with Crippen LogP contribution in [0.2, 0.25) is 0 Å². The van der Waals surface area contributed by atoms with E-state index in [1.807, 2.05) is 6.92 Å². The Labute approximate surface area is 103 Å². The summed E-state index contributed by atoms with van der Waals surface area (Å²) in [5.41, 5.74) is 0. The molecule has 1 rings (SSSR count). The summed E-state index contributed by atoms with van der Waals surface area (Å²) in [6, 6.07) is 0. The quantitative estimate of drug-likeness (QED) is 0.615. The van der Waals surface area contributed by atoms with E-state index in [0.29, 0.717) is 26.1 Å². The van der Waals surface area contributed by atoms with Crippen molar-refractivity contribution in [3.05, 3.63) is 0 Å². The molecule has 2 N–H and O–H groups in total. The molecule has 0 aromatic rings. The Kier molecular flexibility index (Phi) is 5.97. The molecule has 1 aliphatic rings. The number of nitrogens with zero attached hydrogens (tertiary/aromatic N) is 1. The molecule has 5 heteroatoms. The molecule has 0 aromatic heterocycles. The normalized spacial score (nSPS) is 19.8. The van der Waals surface area contributed by atoms with Crippen molar-refractivity contribution in [2.75, 3.05) is 32.7 Å². The van der Waals surface area contributed by atoms with Crippen molar-refractivity contribution < 1.29 is 9.59 Å². The second-order valence-electron chi connectivity index (χ2n) is 4.37. The van der Waals surface area contributed by atoms with Crippen LogP contribution in [-0.2, 0) is 9.59 Å². The summed E-state index contributed by atoms with van der Waals surface area (Å²) in [4.78, 5) is 25.0. The molecule has 0 aromatic carbocycles. The zero-order valence-electron chi connectivity index (χ0n) is 10.8. The number of amides is 2. The van der Waals surface area contributed by atoms with Crippen molar-refractivity contribution in [1.82, 2.24) is 15.5 Å². The van der Waals surface area contributed by atoms with Gasteiger partial charge in [-0.25, -0.2) is 0 Å². The summed E-state index contributed by atoms with van der Waals surface area (Å²) in [7, 11) is 0. The topological polar surface area (TPSA) is 61.4 Å². The van der Waals surface area contributed by atoms with Crippen LogP contribution >= 0.6 is 0 Å². The summed E-state index contributed by atoms with van der Waals surface area (Å²) >= 11 is 0. The summed E-state index contributed by atoms with van der Waals surface area (Å²) in [6.07, 6.45) is 1.46. The zero-order chi connectivity index (χ0) is 12.7. The number of hydrogen-bond acceptors (Lipinski definition) is 3. The van der Waals surface area contributed by atoms with Crippen LogP contribution in [0, 0.1) is 5.92 Å². The van der Waals surface area contributed by atoms with Gasteiger partial charge in [0.25, 0.3) is 0 Å². The van der Waals surface area contributed by atoms with E-state index in [9.17, 15) is 9.59 Å². The fraction of sp³-hybridized carbons (Fsp3) is 0.833. The highest BCUT2D eigenvalue weighted by molar-refractivity contribution is 5.89. The molecule has 0 aliphatic carbocycles. The Morgan fingerprint density at radius 2 is 2.12 bits per heavy atom. The summed E-state index contributed by atoms with van der Waals surface area (Å²) < 4.78 is 0. The fourth-order valence-electron chi connectivity index (χ4n) is 1.97. The van der Waals surface area contributed by atoms with Gasteiger partial charge in [0.2, 0.25) is 11.8 Å². The molecule has 1 unspecified atom stereocenters. The highest BCUT2D eigenvalue weighted by atomic mass is 16.2. The highest BCUT2D eigenvalue weighted by Crippen LogP contribution is 2.17. The number of nitrogens with one attached hydrogen (secondary N) is 2. The molecule has 2 amide bonds. The molecule has 0 spiro atoms. The minimum atomic E-state index is -0.159. The maximum absolute atomic E-state index is 11.8. The largest absolute Gasteiger partial charge is 0.355 e. The predicted molar refractivity (Wildman–Crippen MR) is 66.5 cm³/mol. The molecule has 0 saturated carbocycles. The van der Waals surface area contributed by atoms with Gasteiger partial charge >= 0.3 is 0 Å². The second kappa shape index (κ2) is 7.27. The minimum Gasteiger partial charge on any atom is -0.355 e. The molecule has 5 nitrogen and oxygen atoms in total. The van der Waals surface area contributed by atoms with Gasteiger partial charge in [-0.3, -0.25) is 9.59 Å². The van der Waals surface area contributed by atoms with Gasteiger partial charge < -0.3 is 15.5 Å². The lowest BCUT2D eigenvalue weighted by atomic mass is 10.1. The van der Waals surface area contributed by atoms with Crippen molar-refractivity contribution in [2.45, 2.75) is 26.7 Å². The van der Waals surface area contributed by atoms with Crippen LogP contribution in [0.4, 0.5) is 0 Å². The van der Waals surface area contributed by atoms with Gasteiger partial charge in [-0.2, -0.15) is 0 Å². The van der Waals surface area contributed by atoms with Crippen LogP contribution in [-0.4, -0.2) is 49.4 Å². The average molecular weight is 241 g/mol. The lowest BCUT2D eigenvalue weighted by Gasteiger charge is -2.13. The molecule has 1 saturated heterocycles. The van der Waals surface area contributed by atoms with Gasteiger partial charge in [0, 0.05) is 32.6 Å². The third-order valence-corrected chi connectivity index (χ3v) is 2.99. The number of likely N-dealkylation sites (tertiary alicyclic amines) is 1. The molecule has 1 heterocycles. The Balaban J connectivity index is 2.18. The van der Waals surface area contributed by atoms with E-state index in [0.717, 1.165) is 19.5 Å². The molecule has 0 bridgehead atoms. The van der Waals surface area contributed by atoms with Crippen molar-refractivity contribution in [3.63, 3.8) is 0 Å². The first-order chi connectivity index (χ1) is 8.19. The van der Waals surface area contributed by atoms with E-state index in [-0.39, 0.29) is 17.7 Å². The standard InChI is InChI=1S/C12H23N3O2/c1-3-5-13-6-7-14-12(17)10-8-11(16)15(4-2)9-10/h10,13H,3-9H2,1-2H3,(H,14,17). The van der Waals surface area contributed by atoms with Gasteiger partial charge in [0.05, 0.1) is 5.92 Å². The molecular weight excluding hydrogens is 218 g/mol. The van der Waals surface area contributed by atoms with Crippen LogP contribution in [0.25, 0.3) is 0 Å². The Morgan fingerprint density at radius 1 is 1.35 bits per heavy atom. The van der Waals surface area contributed by atoms with Crippen molar-refractivity contribution in [2.24, 2.45) is 5.92 Å². The lowest BCUT2D eigenvalue weighted by Crippen LogP contribution is -2.37. The first kappa shape index (κ1) is 14.0. The number of rotatable bonds is 7. The van der Waals surface area contributed by atoms with Crippen LogP contribution < -0.4 is 10.6 Å². The first-order valence-electron chi connectivity index (χ1n) is 6.45. The third-order valence-electron chi connectivity index (χ3n) is 2.99. The van der Waals surface area contributed by atoms with Crippen molar-refractivity contribution >= 4 is 11.8 Å². The van der Waals surface area contributed by atoms with E-state index in [1.165, 1.54) is 0 Å². The van der Waals surface area contributed by atoms with E-state index in [1.54, 1.807) is 4.90 Å². The maximum atomic E-state index is 11.8. The number of carbonyl (C=O) groups is 2. The van der Waals surface area contributed by atoms with Crippen LogP contribution in [0.1, 0.15) is 26.7 Å². The van der Waals surface area contributed by atoms with E-state index in [4.69, 9.17) is 0 Å². The van der Waals surface area contributed by atoms with Crippen LogP contribution in [0.3, 0.4) is 0 Å². The fourth-order valence-corrected chi connectivity index (χ4v) is 1.97. The highest BCUT2D eigenvalue weighted by Gasteiger charge is 2.32. The Bertz CT molecular complexity index is 268. The van der Waals surface area contributed by atoms with Crippen molar-refractivity contribution in [1.29, 1.82) is 0 Å². The molecule has 98 valence electrons. The van der Waals surface area contributed by atoms with Gasteiger partial charge in [0.1, 0.15) is 0 Å². The molecule has 17 heavy (non-hydrogen) atoms. The van der Waals surface area contributed by atoms with Gasteiger partial charge in [-0.15, -0.1) is 0 Å². The minimum absolute atomic E-state index is 0.00704. The molecule has 1 fully saturated rings. The zero-order valence-corrected chi connectivity index (χ0v) is 10.8. The van der Waals surface area contributed by atoms with Crippen LogP contribution in [0.5, 0.6) is 0 Å². The molecule has 0 radical (unpaired) electrons. The van der Waals surface area contributed by atoms with Crippen molar-refractivity contribution in [3.8, 4) is 0 Å². The van der Waals surface area contributed by atoms with E-state index < -0.39 is 0 Å². The maximum Gasteiger partial charge on any atom is 0.225 e. The van der Waals surface area contributed by atoms with Gasteiger partial charge in [-0.05, 0) is 19.9 Å². The SMILES string of the molecule is CCCNCCNC(=O)C1CC(=O)N(CC)C1. The smallest absolute Gasteiger partial charge is 0.225 e. The molecule has 1 atom stereocenters. The molecule has 1 aliphatic heterocycles. The van der Waals surface area contributed by atoms with Gasteiger partial charge in [-0.1, -0.05) is 6.92 Å². The van der Waals surface area contributed by atoms with E-state index in [2.05, 4.69) is 17.6 Å². The predicted octanol–water partition coefficient (Wildman–Crippen LogP) is -0.0294. The monoisotopic (exact) mass is 241 g/mol. The average Bonchev–Trinajstić information content (AvgIpc) is 2.70. The lowest BCUT2D eigenvalue weighted by molar-refractivity contribution is -0.128.